The van der Waals surface area contributed by atoms with Crippen molar-refractivity contribution < 1.29 is 31.1 Å². The van der Waals surface area contributed by atoms with Crippen molar-refractivity contribution in [3.8, 4) is 11.3 Å². The zero-order valence-corrected chi connectivity index (χ0v) is 16.9. The zero-order chi connectivity index (χ0) is 23.3. The lowest BCUT2D eigenvalue weighted by Gasteiger charge is -2.28. The molecule has 1 aliphatic heterocycles. The van der Waals surface area contributed by atoms with E-state index in [2.05, 4.69) is 10.2 Å². The Morgan fingerprint density at radius 2 is 1.66 bits per heavy atom. The van der Waals surface area contributed by atoms with Crippen LogP contribution >= 0.6 is 11.6 Å². The molecular weight excluding hydrogens is 460 g/mol. The smallest absolute Gasteiger partial charge is 0.334 e. The molecule has 0 aliphatic carbocycles. The number of aromatic nitrogens is 2. The first-order valence-electron chi connectivity index (χ1n) is 9.34. The predicted octanol–water partition coefficient (Wildman–Crippen LogP) is 5.97. The number of carbonyl (C=O) groups is 1. The summed E-state index contributed by atoms with van der Waals surface area (Å²) in [5.41, 5.74) is -1.18. The van der Waals surface area contributed by atoms with E-state index < -0.39 is 35.0 Å². The maximum absolute atomic E-state index is 13.2. The first-order valence-corrected chi connectivity index (χ1v) is 9.72. The highest BCUT2D eigenvalue weighted by Crippen LogP contribution is 2.37. The Balaban J connectivity index is 1.69. The van der Waals surface area contributed by atoms with Gasteiger partial charge < -0.3 is 4.90 Å². The summed E-state index contributed by atoms with van der Waals surface area (Å²) in [6.07, 6.45) is -9.74. The summed E-state index contributed by atoms with van der Waals surface area (Å²) < 4.78 is 78.9. The molecule has 2 heterocycles. The van der Waals surface area contributed by atoms with Crippen LogP contribution in [0.2, 0.25) is 5.02 Å². The van der Waals surface area contributed by atoms with E-state index in [4.69, 9.17) is 11.6 Å². The molecule has 2 aromatic carbocycles. The van der Waals surface area contributed by atoms with Crippen molar-refractivity contribution in [3.05, 3.63) is 75.4 Å². The Hall–Kier alpha value is -3.01. The predicted molar refractivity (Wildman–Crippen MR) is 104 cm³/mol. The SMILES string of the molecule is O=C(c1cc(C(F)(F)F)cc(C(F)(F)F)c1)N1CCc2[nH]nc(-c3cccc(Cl)c3)c2C1. The van der Waals surface area contributed by atoms with Gasteiger partial charge in [0.25, 0.3) is 5.91 Å². The molecule has 1 amide bonds. The van der Waals surface area contributed by atoms with Crippen LogP contribution < -0.4 is 0 Å². The number of nitrogens with zero attached hydrogens (tertiary/aromatic N) is 2. The van der Waals surface area contributed by atoms with Crippen LogP contribution in [0.1, 0.15) is 32.7 Å². The molecule has 168 valence electrons. The van der Waals surface area contributed by atoms with Crippen molar-refractivity contribution in [3.63, 3.8) is 0 Å². The van der Waals surface area contributed by atoms with Gasteiger partial charge in [-0.3, -0.25) is 9.89 Å². The van der Waals surface area contributed by atoms with E-state index in [0.717, 1.165) is 5.69 Å². The van der Waals surface area contributed by atoms with Crippen molar-refractivity contribution in [2.45, 2.75) is 25.3 Å². The second-order valence-electron chi connectivity index (χ2n) is 7.31. The van der Waals surface area contributed by atoms with Gasteiger partial charge in [-0.25, -0.2) is 0 Å². The quantitative estimate of drug-likeness (QED) is 0.466. The average Bonchev–Trinajstić information content (AvgIpc) is 3.15. The summed E-state index contributed by atoms with van der Waals surface area (Å²) in [5, 5.41) is 7.59. The normalized spacial score (nSPS) is 14.4. The van der Waals surface area contributed by atoms with E-state index >= 15 is 0 Å². The first-order chi connectivity index (χ1) is 14.9. The molecule has 0 saturated heterocycles. The summed E-state index contributed by atoms with van der Waals surface area (Å²) in [7, 11) is 0. The zero-order valence-electron chi connectivity index (χ0n) is 16.1. The summed E-state index contributed by atoms with van der Waals surface area (Å²) in [4.78, 5) is 14.1. The average molecular weight is 474 g/mol. The number of carbonyl (C=O) groups excluding carboxylic acids is 1. The monoisotopic (exact) mass is 473 g/mol. The van der Waals surface area contributed by atoms with Crippen LogP contribution in [0, 0.1) is 0 Å². The van der Waals surface area contributed by atoms with Crippen LogP contribution in [-0.2, 0) is 25.3 Å². The topological polar surface area (TPSA) is 49.0 Å². The van der Waals surface area contributed by atoms with Crippen LogP contribution in [0.15, 0.2) is 42.5 Å². The number of rotatable bonds is 2. The van der Waals surface area contributed by atoms with Gasteiger partial charge in [0.1, 0.15) is 0 Å². The Kier molecular flexibility index (Phi) is 5.44. The third-order valence-electron chi connectivity index (χ3n) is 5.15. The van der Waals surface area contributed by atoms with E-state index in [9.17, 15) is 31.1 Å². The van der Waals surface area contributed by atoms with E-state index in [1.165, 1.54) is 4.90 Å². The van der Waals surface area contributed by atoms with Gasteiger partial charge in [0.2, 0.25) is 0 Å². The number of hydrogen-bond donors (Lipinski definition) is 1. The molecule has 1 aliphatic rings. The highest BCUT2D eigenvalue weighted by molar-refractivity contribution is 6.30. The molecule has 4 nitrogen and oxygen atoms in total. The van der Waals surface area contributed by atoms with Gasteiger partial charge in [-0.05, 0) is 30.3 Å². The molecule has 0 fully saturated rings. The number of H-pyrrole nitrogens is 1. The molecular formula is C21H14ClF6N3O. The van der Waals surface area contributed by atoms with Crippen molar-refractivity contribution in [1.29, 1.82) is 0 Å². The van der Waals surface area contributed by atoms with Crippen molar-refractivity contribution in [1.82, 2.24) is 15.1 Å². The van der Waals surface area contributed by atoms with E-state index in [0.29, 0.717) is 40.4 Å². The van der Waals surface area contributed by atoms with Gasteiger partial charge in [0.05, 0.1) is 16.8 Å². The van der Waals surface area contributed by atoms with Crippen LogP contribution in [-0.4, -0.2) is 27.5 Å². The van der Waals surface area contributed by atoms with Gasteiger partial charge in [0, 0.05) is 46.9 Å². The third kappa shape index (κ3) is 4.32. The summed E-state index contributed by atoms with van der Waals surface area (Å²) in [5.74, 6) is -0.925. The minimum absolute atomic E-state index is 0.00157. The molecule has 1 N–H and O–H groups in total. The Morgan fingerprint density at radius 3 is 2.25 bits per heavy atom. The number of aromatic amines is 1. The second-order valence-corrected chi connectivity index (χ2v) is 7.75. The van der Waals surface area contributed by atoms with Crippen molar-refractivity contribution >= 4 is 17.5 Å². The molecule has 11 heteroatoms. The lowest BCUT2D eigenvalue weighted by molar-refractivity contribution is -0.143. The summed E-state index contributed by atoms with van der Waals surface area (Å²) in [6, 6.07) is 7.70. The number of benzene rings is 2. The number of amides is 1. The molecule has 0 spiro atoms. The molecule has 3 aromatic rings. The van der Waals surface area contributed by atoms with E-state index in [1.807, 2.05) is 0 Å². The van der Waals surface area contributed by atoms with Crippen molar-refractivity contribution in [2.24, 2.45) is 0 Å². The molecule has 32 heavy (non-hydrogen) atoms. The standard InChI is InChI=1S/C21H14ClF6N3O/c22-15-3-1-2-11(8-15)18-16-10-31(5-4-17(16)29-30-18)19(32)12-6-13(20(23,24)25)9-14(7-12)21(26,27)28/h1-3,6-9H,4-5,10H2,(H,29,30). The van der Waals surface area contributed by atoms with Gasteiger partial charge >= 0.3 is 12.4 Å². The second kappa shape index (κ2) is 7.84. The van der Waals surface area contributed by atoms with E-state index in [1.54, 1.807) is 24.3 Å². The maximum atomic E-state index is 13.2. The van der Waals surface area contributed by atoms with Crippen LogP contribution in [0.25, 0.3) is 11.3 Å². The molecule has 0 radical (unpaired) electrons. The van der Waals surface area contributed by atoms with Gasteiger partial charge in [-0.1, -0.05) is 23.7 Å². The van der Waals surface area contributed by atoms with Gasteiger partial charge in [0.15, 0.2) is 0 Å². The highest BCUT2D eigenvalue weighted by atomic mass is 35.5. The minimum atomic E-state index is -5.03. The van der Waals surface area contributed by atoms with Gasteiger partial charge in [-0.15, -0.1) is 0 Å². The number of nitrogens with one attached hydrogen (secondary N) is 1. The Bertz CT molecular complexity index is 1150. The fourth-order valence-electron chi connectivity index (χ4n) is 3.60. The molecule has 4 rings (SSSR count). The fraction of sp³-hybridized carbons (Fsp3) is 0.238. The number of hydrogen-bond acceptors (Lipinski definition) is 2. The Morgan fingerprint density at radius 1 is 1.00 bits per heavy atom. The molecule has 1 aromatic heterocycles. The van der Waals surface area contributed by atoms with Crippen molar-refractivity contribution in [2.75, 3.05) is 6.54 Å². The van der Waals surface area contributed by atoms with Crippen LogP contribution in [0.5, 0.6) is 0 Å². The fourth-order valence-corrected chi connectivity index (χ4v) is 3.79. The molecule has 0 bridgehead atoms. The highest BCUT2D eigenvalue weighted by Gasteiger charge is 2.38. The lowest BCUT2D eigenvalue weighted by Crippen LogP contribution is -2.36. The van der Waals surface area contributed by atoms with Gasteiger partial charge in [-0.2, -0.15) is 31.4 Å². The number of fused-ring (bicyclic) bond motifs is 1. The maximum Gasteiger partial charge on any atom is 0.416 e. The summed E-state index contributed by atoms with van der Waals surface area (Å²) in [6.45, 7) is 0.0880. The number of halogens is 7. The van der Waals surface area contributed by atoms with Crippen LogP contribution in [0.4, 0.5) is 26.3 Å². The molecule has 0 saturated carbocycles. The first kappa shape index (κ1) is 22.2. The summed E-state index contributed by atoms with van der Waals surface area (Å²) >= 11 is 6.02. The number of alkyl halides is 6. The van der Waals surface area contributed by atoms with Crippen LogP contribution in [0.3, 0.4) is 0 Å². The lowest BCUT2D eigenvalue weighted by atomic mass is 9.99. The third-order valence-corrected chi connectivity index (χ3v) is 5.39. The molecule has 0 atom stereocenters. The largest absolute Gasteiger partial charge is 0.416 e. The Labute approximate surface area is 182 Å². The minimum Gasteiger partial charge on any atom is -0.334 e. The van der Waals surface area contributed by atoms with E-state index in [-0.39, 0.29) is 19.2 Å². The molecule has 0 unspecified atom stereocenters.